The summed E-state index contributed by atoms with van der Waals surface area (Å²) in [4.78, 5) is 2.50. The molecule has 0 fully saturated rings. The summed E-state index contributed by atoms with van der Waals surface area (Å²) in [5, 5.41) is 1.44. The molecule has 3 rings (SSSR count). The van der Waals surface area contributed by atoms with Gasteiger partial charge >= 0.3 is 0 Å². The van der Waals surface area contributed by atoms with Crippen molar-refractivity contribution in [3.8, 4) is 0 Å². The van der Waals surface area contributed by atoms with Crippen LogP contribution in [0.25, 0.3) is 10.9 Å². The molecule has 0 saturated heterocycles. The molecular formula is C18H27N3. The van der Waals surface area contributed by atoms with E-state index in [4.69, 9.17) is 5.73 Å². The summed E-state index contributed by atoms with van der Waals surface area (Å²) in [6.45, 7) is 9.90. The molecule has 3 heteroatoms. The van der Waals surface area contributed by atoms with Gasteiger partial charge in [-0.1, -0.05) is 6.92 Å². The number of aryl methyl sites for hydroxylation is 2. The van der Waals surface area contributed by atoms with Crippen molar-refractivity contribution in [1.82, 2.24) is 9.47 Å². The molecule has 1 unspecified atom stereocenters. The molecule has 0 spiro atoms. The van der Waals surface area contributed by atoms with E-state index in [0.29, 0.717) is 0 Å². The topological polar surface area (TPSA) is 34.2 Å². The minimum Gasteiger partial charge on any atom is -0.348 e. The third-order valence-electron chi connectivity index (χ3n) is 5.03. The van der Waals surface area contributed by atoms with Crippen molar-refractivity contribution in [1.29, 1.82) is 0 Å². The molecule has 1 aliphatic rings. The zero-order valence-electron chi connectivity index (χ0n) is 13.7. The molecule has 1 aromatic heterocycles. The van der Waals surface area contributed by atoms with Gasteiger partial charge in [0.2, 0.25) is 0 Å². The Labute approximate surface area is 127 Å². The number of nitrogens with zero attached hydrogens (tertiary/aromatic N) is 2. The van der Waals surface area contributed by atoms with Gasteiger partial charge in [-0.3, -0.25) is 4.90 Å². The first-order valence-electron chi connectivity index (χ1n) is 8.08. The number of rotatable bonds is 4. The fraction of sp³-hybridized carbons (Fsp3) is 0.556. The van der Waals surface area contributed by atoms with Gasteiger partial charge in [0, 0.05) is 42.8 Å². The Balaban J connectivity index is 2.06. The summed E-state index contributed by atoms with van der Waals surface area (Å²) < 4.78 is 2.35. The van der Waals surface area contributed by atoms with Crippen LogP contribution in [0.1, 0.15) is 42.7 Å². The number of hydrogen-bond acceptors (Lipinski definition) is 2. The summed E-state index contributed by atoms with van der Waals surface area (Å²) in [5.74, 6) is 0. The highest BCUT2D eigenvalue weighted by Gasteiger charge is 2.21. The van der Waals surface area contributed by atoms with Crippen molar-refractivity contribution >= 4 is 10.9 Å². The van der Waals surface area contributed by atoms with Gasteiger partial charge < -0.3 is 10.3 Å². The molecule has 0 radical (unpaired) electrons. The van der Waals surface area contributed by atoms with Crippen LogP contribution < -0.4 is 5.73 Å². The first kappa shape index (κ1) is 14.6. The fourth-order valence-electron chi connectivity index (χ4n) is 3.52. The molecule has 1 aromatic carbocycles. The van der Waals surface area contributed by atoms with Crippen molar-refractivity contribution in [2.75, 3.05) is 6.54 Å². The van der Waals surface area contributed by atoms with Gasteiger partial charge in [-0.05, 0) is 62.1 Å². The molecule has 1 atom stereocenters. The van der Waals surface area contributed by atoms with Gasteiger partial charge in [-0.2, -0.15) is 0 Å². The van der Waals surface area contributed by atoms with E-state index in [2.05, 4.69) is 49.4 Å². The van der Waals surface area contributed by atoms with Gasteiger partial charge in [-0.25, -0.2) is 0 Å². The van der Waals surface area contributed by atoms with Crippen LogP contribution in [0.5, 0.6) is 0 Å². The Kier molecular flexibility index (Phi) is 3.80. The minimum absolute atomic E-state index is 0.268. The standard InChI is InChI=1S/C18H27N3/c1-5-21-10-14-8-17-16(7-6-12(2)19)13(3)20(4)18(17)9-15(14)11-21/h8-9,12H,5-7,10-11,19H2,1-4H3. The van der Waals surface area contributed by atoms with E-state index in [0.717, 1.165) is 32.5 Å². The average molecular weight is 285 g/mol. The van der Waals surface area contributed by atoms with Crippen LogP contribution in [0.3, 0.4) is 0 Å². The molecule has 2 heterocycles. The Bertz CT molecular complexity index is 667. The molecule has 21 heavy (non-hydrogen) atoms. The van der Waals surface area contributed by atoms with Crippen LogP contribution in [-0.2, 0) is 26.6 Å². The molecule has 1 aliphatic heterocycles. The van der Waals surface area contributed by atoms with E-state index in [1.807, 2.05) is 0 Å². The third-order valence-corrected chi connectivity index (χ3v) is 5.03. The zero-order valence-corrected chi connectivity index (χ0v) is 13.7. The second-order valence-corrected chi connectivity index (χ2v) is 6.58. The van der Waals surface area contributed by atoms with Crippen molar-refractivity contribution in [3.05, 3.63) is 34.5 Å². The highest BCUT2D eigenvalue weighted by molar-refractivity contribution is 5.87. The van der Waals surface area contributed by atoms with E-state index in [-0.39, 0.29) is 6.04 Å². The lowest BCUT2D eigenvalue weighted by atomic mass is 10.0. The van der Waals surface area contributed by atoms with Crippen LogP contribution in [-0.4, -0.2) is 22.1 Å². The molecular weight excluding hydrogens is 258 g/mol. The lowest BCUT2D eigenvalue weighted by Gasteiger charge is -2.09. The Morgan fingerprint density at radius 2 is 1.90 bits per heavy atom. The zero-order chi connectivity index (χ0) is 15.1. The van der Waals surface area contributed by atoms with Crippen LogP contribution in [0.2, 0.25) is 0 Å². The summed E-state index contributed by atoms with van der Waals surface area (Å²) in [6, 6.07) is 5.11. The van der Waals surface area contributed by atoms with E-state index < -0.39 is 0 Å². The number of aromatic nitrogens is 1. The number of fused-ring (bicyclic) bond motifs is 2. The Morgan fingerprint density at radius 1 is 1.24 bits per heavy atom. The van der Waals surface area contributed by atoms with Gasteiger partial charge in [-0.15, -0.1) is 0 Å². The molecule has 2 N–H and O–H groups in total. The van der Waals surface area contributed by atoms with E-state index >= 15 is 0 Å². The highest BCUT2D eigenvalue weighted by Crippen LogP contribution is 2.32. The van der Waals surface area contributed by atoms with Gasteiger partial charge in [0.1, 0.15) is 0 Å². The van der Waals surface area contributed by atoms with Gasteiger partial charge in [0.15, 0.2) is 0 Å². The van der Waals surface area contributed by atoms with E-state index in [9.17, 15) is 0 Å². The second kappa shape index (κ2) is 5.47. The quantitative estimate of drug-likeness (QED) is 0.936. The van der Waals surface area contributed by atoms with Crippen molar-refractivity contribution in [2.45, 2.75) is 52.7 Å². The highest BCUT2D eigenvalue weighted by atomic mass is 15.1. The van der Waals surface area contributed by atoms with Gasteiger partial charge in [0.25, 0.3) is 0 Å². The normalized spacial score (nSPS) is 16.6. The summed E-state index contributed by atoms with van der Waals surface area (Å²) in [7, 11) is 2.19. The molecule has 0 aliphatic carbocycles. The molecule has 3 nitrogen and oxygen atoms in total. The number of nitrogens with two attached hydrogens (primary N) is 1. The number of hydrogen-bond donors (Lipinski definition) is 1. The Morgan fingerprint density at radius 3 is 2.52 bits per heavy atom. The van der Waals surface area contributed by atoms with Gasteiger partial charge in [0.05, 0.1) is 0 Å². The monoisotopic (exact) mass is 285 g/mol. The summed E-state index contributed by atoms with van der Waals surface area (Å²) >= 11 is 0. The first-order chi connectivity index (χ1) is 10.0. The third kappa shape index (κ3) is 2.49. The maximum atomic E-state index is 5.95. The van der Waals surface area contributed by atoms with E-state index in [1.165, 1.54) is 33.3 Å². The lowest BCUT2D eigenvalue weighted by Crippen LogP contribution is -2.15. The molecule has 114 valence electrons. The molecule has 0 saturated carbocycles. The second-order valence-electron chi connectivity index (χ2n) is 6.58. The molecule has 0 bridgehead atoms. The Hall–Kier alpha value is -1.32. The average Bonchev–Trinajstić information content (AvgIpc) is 2.95. The predicted octanol–water partition coefficient (Wildman–Crippen LogP) is 3.10. The maximum Gasteiger partial charge on any atom is 0.0486 e. The minimum atomic E-state index is 0.268. The SMILES string of the molecule is CCN1Cc2cc3c(CCC(C)N)c(C)n(C)c3cc2C1. The summed E-state index contributed by atoms with van der Waals surface area (Å²) in [5.41, 5.74) is 13.2. The van der Waals surface area contributed by atoms with E-state index in [1.54, 1.807) is 0 Å². The van der Waals surface area contributed by atoms with Crippen molar-refractivity contribution < 1.29 is 0 Å². The smallest absolute Gasteiger partial charge is 0.0486 e. The van der Waals surface area contributed by atoms with Crippen LogP contribution >= 0.6 is 0 Å². The largest absolute Gasteiger partial charge is 0.348 e. The number of benzene rings is 1. The molecule has 0 amide bonds. The van der Waals surface area contributed by atoms with Crippen molar-refractivity contribution in [2.24, 2.45) is 12.8 Å². The maximum absolute atomic E-state index is 5.95. The predicted molar refractivity (Wildman–Crippen MR) is 89.4 cm³/mol. The fourth-order valence-corrected chi connectivity index (χ4v) is 3.52. The first-order valence-corrected chi connectivity index (χ1v) is 8.08. The van der Waals surface area contributed by atoms with Crippen molar-refractivity contribution in [3.63, 3.8) is 0 Å². The summed E-state index contributed by atoms with van der Waals surface area (Å²) in [6.07, 6.45) is 2.13. The van der Waals surface area contributed by atoms with Crippen LogP contribution in [0.15, 0.2) is 12.1 Å². The van der Waals surface area contributed by atoms with Crippen LogP contribution in [0.4, 0.5) is 0 Å². The van der Waals surface area contributed by atoms with Crippen LogP contribution in [0, 0.1) is 6.92 Å². The lowest BCUT2D eigenvalue weighted by molar-refractivity contribution is 0.301. The molecule has 2 aromatic rings.